The van der Waals surface area contributed by atoms with Crippen molar-refractivity contribution in [3.8, 4) is 5.75 Å². The van der Waals surface area contributed by atoms with Crippen LogP contribution in [0, 0.1) is 0 Å². The zero-order valence-corrected chi connectivity index (χ0v) is 14.4. The number of halogens is 1. The number of aromatic nitrogens is 3. The van der Waals surface area contributed by atoms with Gasteiger partial charge in [-0.1, -0.05) is 17.3 Å². The fraction of sp³-hybridized carbons (Fsp3) is 0.125. The summed E-state index contributed by atoms with van der Waals surface area (Å²) >= 11 is 3.40. The smallest absolute Gasteiger partial charge is 0.261 e. The number of carbonyl (C=O) groups is 1. The molecule has 2 aromatic carbocycles. The first kappa shape index (κ1) is 16.1. The highest BCUT2D eigenvalue weighted by Crippen LogP contribution is 2.24. The molecule has 1 N–H and O–H groups in total. The van der Waals surface area contributed by atoms with Crippen molar-refractivity contribution in [1.82, 2.24) is 20.4 Å². The largest absolute Gasteiger partial charge is 0.496 e. The molecule has 0 aliphatic heterocycles. The number of amides is 1. The molecule has 1 aromatic heterocycles. The summed E-state index contributed by atoms with van der Waals surface area (Å²) in [5, 5.41) is 11.9. The molecule has 1 amide bonds. The number of hydrogen-bond acceptors (Lipinski definition) is 5. The molecule has 0 aliphatic carbocycles. The van der Waals surface area contributed by atoms with Crippen LogP contribution in [-0.4, -0.2) is 34.2 Å². The zero-order valence-electron chi connectivity index (χ0n) is 12.8. The molecule has 0 bridgehead atoms. The Hall–Kier alpha value is -2.74. The Morgan fingerprint density at radius 3 is 3.00 bits per heavy atom. The highest BCUT2D eigenvalue weighted by molar-refractivity contribution is 9.10. The normalized spacial score (nSPS) is 11.1. The van der Waals surface area contributed by atoms with Crippen LogP contribution in [0.25, 0.3) is 11.0 Å². The van der Waals surface area contributed by atoms with Crippen LogP contribution in [0.5, 0.6) is 5.75 Å². The van der Waals surface area contributed by atoms with Crippen LogP contribution in [-0.2, 0) is 11.3 Å². The molecular weight excluding hydrogens is 374 g/mol. The summed E-state index contributed by atoms with van der Waals surface area (Å²) in [6.45, 7) is 0.0458. The predicted octanol–water partition coefficient (Wildman–Crippen LogP) is 2.35. The van der Waals surface area contributed by atoms with Crippen molar-refractivity contribution in [1.29, 1.82) is 0 Å². The minimum absolute atomic E-state index is 0.0458. The zero-order chi connectivity index (χ0) is 16.9. The Balaban J connectivity index is 1.62. The van der Waals surface area contributed by atoms with Gasteiger partial charge in [0.05, 0.1) is 23.3 Å². The minimum Gasteiger partial charge on any atom is -0.496 e. The van der Waals surface area contributed by atoms with E-state index in [-0.39, 0.29) is 12.5 Å². The second-order valence-electron chi connectivity index (χ2n) is 4.92. The molecule has 3 rings (SSSR count). The van der Waals surface area contributed by atoms with Gasteiger partial charge in [0.1, 0.15) is 17.8 Å². The van der Waals surface area contributed by atoms with Crippen molar-refractivity contribution in [3.63, 3.8) is 0 Å². The monoisotopic (exact) mass is 387 g/mol. The third kappa shape index (κ3) is 3.60. The first-order valence-corrected chi connectivity index (χ1v) is 7.90. The molecule has 122 valence electrons. The van der Waals surface area contributed by atoms with Crippen LogP contribution in [0.3, 0.4) is 0 Å². The molecule has 3 aromatic rings. The predicted molar refractivity (Wildman–Crippen MR) is 94.0 cm³/mol. The lowest BCUT2D eigenvalue weighted by Crippen LogP contribution is -2.23. The van der Waals surface area contributed by atoms with E-state index in [4.69, 9.17) is 4.74 Å². The van der Waals surface area contributed by atoms with Gasteiger partial charge < -0.3 is 4.74 Å². The quantitative estimate of drug-likeness (QED) is 0.538. The van der Waals surface area contributed by atoms with Gasteiger partial charge in [-0.25, -0.2) is 10.1 Å². The number of benzene rings is 2. The van der Waals surface area contributed by atoms with Crippen molar-refractivity contribution >= 4 is 39.1 Å². The average Bonchev–Trinajstić information content (AvgIpc) is 2.98. The molecule has 0 unspecified atom stereocenters. The fourth-order valence-corrected chi connectivity index (χ4v) is 2.71. The summed E-state index contributed by atoms with van der Waals surface area (Å²) < 4.78 is 7.51. The van der Waals surface area contributed by atoms with E-state index in [1.54, 1.807) is 13.3 Å². The lowest BCUT2D eigenvalue weighted by Gasteiger charge is -2.03. The van der Waals surface area contributed by atoms with Crippen molar-refractivity contribution in [3.05, 3.63) is 52.5 Å². The van der Waals surface area contributed by atoms with Gasteiger partial charge in [-0.3, -0.25) is 4.79 Å². The third-order valence-corrected chi connectivity index (χ3v) is 3.91. The SMILES string of the molecule is COc1ccc(/C=N/NC(=O)Cn2nnc3ccccc32)cc1Br. The lowest BCUT2D eigenvalue weighted by molar-refractivity contribution is -0.121. The minimum atomic E-state index is -0.283. The van der Waals surface area contributed by atoms with Gasteiger partial charge in [-0.05, 0) is 51.8 Å². The average molecular weight is 388 g/mol. The molecule has 0 saturated heterocycles. The second kappa shape index (κ2) is 7.22. The van der Waals surface area contributed by atoms with Gasteiger partial charge in [0.15, 0.2) is 0 Å². The van der Waals surface area contributed by atoms with E-state index in [9.17, 15) is 4.79 Å². The molecule has 0 saturated carbocycles. The molecular formula is C16H14BrN5O2. The third-order valence-electron chi connectivity index (χ3n) is 3.29. The molecule has 8 heteroatoms. The Kier molecular flexibility index (Phi) is 4.85. The first-order chi connectivity index (χ1) is 11.7. The Bertz CT molecular complexity index is 906. The molecule has 1 heterocycles. The number of carbonyl (C=O) groups excluding carboxylic acids is 1. The van der Waals surface area contributed by atoms with Gasteiger partial charge in [0.2, 0.25) is 0 Å². The van der Waals surface area contributed by atoms with E-state index in [0.717, 1.165) is 26.8 Å². The number of nitrogens with zero attached hydrogens (tertiary/aromatic N) is 4. The fourth-order valence-electron chi connectivity index (χ4n) is 2.15. The van der Waals surface area contributed by atoms with Crippen LogP contribution in [0.1, 0.15) is 5.56 Å². The maximum absolute atomic E-state index is 12.0. The van der Waals surface area contributed by atoms with E-state index >= 15 is 0 Å². The summed E-state index contributed by atoms with van der Waals surface area (Å²) in [7, 11) is 1.60. The van der Waals surface area contributed by atoms with Crippen LogP contribution in [0.4, 0.5) is 0 Å². The Morgan fingerprint density at radius 2 is 2.21 bits per heavy atom. The van der Waals surface area contributed by atoms with Crippen molar-refractivity contribution < 1.29 is 9.53 Å². The summed E-state index contributed by atoms with van der Waals surface area (Å²) in [4.78, 5) is 12.0. The summed E-state index contributed by atoms with van der Waals surface area (Å²) in [6.07, 6.45) is 1.56. The number of ether oxygens (including phenoxy) is 1. The van der Waals surface area contributed by atoms with E-state index in [1.165, 1.54) is 4.68 Å². The molecule has 0 spiro atoms. The number of hydrazone groups is 1. The number of rotatable bonds is 5. The van der Waals surface area contributed by atoms with Gasteiger partial charge in [-0.2, -0.15) is 5.10 Å². The van der Waals surface area contributed by atoms with Crippen LogP contribution < -0.4 is 10.2 Å². The molecule has 0 radical (unpaired) electrons. The maximum atomic E-state index is 12.0. The highest BCUT2D eigenvalue weighted by atomic mass is 79.9. The highest BCUT2D eigenvalue weighted by Gasteiger charge is 2.07. The van der Waals surface area contributed by atoms with Gasteiger partial charge in [0, 0.05) is 0 Å². The number of para-hydroxylation sites is 1. The van der Waals surface area contributed by atoms with Crippen LogP contribution in [0.2, 0.25) is 0 Å². The van der Waals surface area contributed by atoms with Crippen molar-refractivity contribution in [2.24, 2.45) is 5.10 Å². The van der Waals surface area contributed by atoms with Gasteiger partial charge in [-0.15, -0.1) is 5.10 Å². The number of methoxy groups -OCH3 is 1. The van der Waals surface area contributed by atoms with E-state index < -0.39 is 0 Å². The maximum Gasteiger partial charge on any atom is 0.261 e. The number of nitrogens with one attached hydrogen (secondary N) is 1. The summed E-state index contributed by atoms with van der Waals surface area (Å²) in [6, 6.07) is 13.0. The van der Waals surface area contributed by atoms with Crippen molar-refractivity contribution in [2.75, 3.05) is 7.11 Å². The number of hydrogen-bond donors (Lipinski definition) is 1. The van der Waals surface area contributed by atoms with E-state index in [1.807, 2.05) is 42.5 Å². The topological polar surface area (TPSA) is 81.4 Å². The molecule has 0 fully saturated rings. The summed E-state index contributed by atoms with van der Waals surface area (Å²) in [5.41, 5.74) is 4.85. The molecule has 0 atom stereocenters. The lowest BCUT2D eigenvalue weighted by atomic mass is 10.2. The Labute approximate surface area is 146 Å². The van der Waals surface area contributed by atoms with Crippen LogP contribution >= 0.6 is 15.9 Å². The van der Waals surface area contributed by atoms with E-state index in [2.05, 4.69) is 36.8 Å². The number of fused-ring (bicyclic) bond motifs is 1. The summed E-state index contributed by atoms with van der Waals surface area (Å²) in [5.74, 6) is 0.448. The van der Waals surface area contributed by atoms with Gasteiger partial charge in [0.25, 0.3) is 5.91 Å². The van der Waals surface area contributed by atoms with Crippen LogP contribution in [0.15, 0.2) is 52.0 Å². The Morgan fingerprint density at radius 1 is 1.38 bits per heavy atom. The molecule has 24 heavy (non-hydrogen) atoms. The molecule has 7 nitrogen and oxygen atoms in total. The standard InChI is InChI=1S/C16H14BrN5O2/c1-24-15-7-6-11(8-12(15)17)9-18-20-16(23)10-22-14-5-3-2-4-13(14)19-21-22/h2-9H,10H2,1H3,(H,20,23)/b18-9+. The van der Waals surface area contributed by atoms with Gasteiger partial charge >= 0.3 is 0 Å². The second-order valence-corrected chi connectivity index (χ2v) is 5.78. The van der Waals surface area contributed by atoms with E-state index in [0.29, 0.717) is 0 Å². The molecule has 0 aliphatic rings. The van der Waals surface area contributed by atoms with Crippen molar-refractivity contribution in [2.45, 2.75) is 6.54 Å². The first-order valence-electron chi connectivity index (χ1n) is 7.11.